The fraction of sp³-hybridized carbons (Fsp3) is 0.760. The van der Waals surface area contributed by atoms with Crippen molar-refractivity contribution < 1.29 is 4.39 Å². The van der Waals surface area contributed by atoms with E-state index in [9.17, 15) is 4.39 Å². The molecule has 0 bridgehead atoms. The van der Waals surface area contributed by atoms with Crippen molar-refractivity contribution in [2.75, 3.05) is 0 Å². The molecule has 0 saturated heterocycles. The van der Waals surface area contributed by atoms with Gasteiger partial charge >= 0.3 is 0 Å². The highest BCUT2D eigenvalue weighted by Crippen LogP contribution is 2.20. The highest BCUT2D eigenvalue weighted by atomic mass is 19.1. The molecule has 26 heavy (non-hydrogen) atoms. The molecule has 0 heterocycles. The molecule has 2 atom stereocenters. The van der Waals surface area contributed by atoms with E-state index in [0.29, 0.717) is 0 Å². The van der Waals surface area contributed by atoms with Crippen LogP contribution in [0.3, 0.4) is 0 Å². The number of rotatable bonds is 8. The Morgan fingerprint density at radius 1 is 0.808 bits per heavy atom. The van der Waals surface area contributed by atoms with Crippen molar-refractivity contribution in [1.82, 2.24) is 0 Å². The van der Waals surface area contributed by atoms with Crippen LogP contribution in [0.15, 0.2) is 24.3 Å². The summed E-state index contributed by atoms with van der Waals surface area (Å²) in [5.74, 6) is 1.72. The van der Waals surface area contributed by atoms with Crippen molar-refractivity contribution in [2.24, 2.45) is 11.8 Å². The number of hydrogen-bond donors (Lipinski definition) is 0. The maximum atomic E-state index is 12.4. The average Bonchev–Trinajstić information content (AvgIpc) is 2.69. The van der Waals surface area contributed by atoms with Crippen molar-refractivity contribution in [1.29, 1.82) is 0 Å². The third-order valence-corrected chi connectivity index (χ3v) is 4.68. The van der Waals surface area contributed by atoms with E-state index >= 15 is 0 Å². The third-order valence-electron chi connectivity index (χ3n) is 4.68. The lowest BCUT2D eigenvalue weighted by molar-refractivity contribution is 0.344. The topological polar surface area (TPSA) is 0 Å². The molecule has 0 aliphatic rings. The minimum atomic E-state index is -0.144. The average molecular weight is 369 g/mol. The van der Waals surface area contributed by atoms with Crippen LogP contribution in [0.2, 0.25) is 0 Å². The van der Waals surface area contributed by atoms with E-state index < -0.39 is 0 Å². The lowest BCUT2D eigenvalue weighted by Gasteiger charge is -2.17. The Morgan fingerprint density at radius 2 is 1.38 bits per heavy atom. The van der Waals surface area contributed by atoms with Gasteiger partial charge in [-0.3, -0.25) is 0 Å². The molecule has 0 aliphatic carbocycles. The Kier molecular flexibility index (Phi) is 27.8. The standard InChI is InChI=1S/C11H24.C8H9F.C4H10.C2H6/c1-5-7-8-9-11(4)10(3)6-2;1-2-7-4-3-5-8(9)6-7;1-3-4-2;1-2/h10-11H,5-9H2,1-4H3;3-6H,2H2,1H3;3-4H2,1-2H3;1-2H3/t10?,11-;;;/m0.../s1. The summed E-state index contributed by atoms with van der Waals surface area (Å²) in [5.41, 5.74) is 1.05. The number of unbranched alkanes of at least 4 members (excludes halogenated alkanes) is 3. The first-order valence-corrected chi connectivity index (χ1v) is 11.2. The summed E-state index contributed by atoms with van der Waals surface area (Å²) in [6.45, 7) is 19.7. The zero-order valence-corrected chi connectivity index (χ0v) is 19.5. The van der Waals surface area contributed by atoms with Crippen LogP contribution in [0.25, 0.3) is 0 Å². The summed E-state index contributed by atoms with van der Waals surface area (Å²) in [6.07, 6.45) is 10.5. The zero-order valence-electron chi connectivity index (χ0n) is 19.5. The van der Waals surface area contributed by atoms with Gasteiger partial charge in [-0.1, -0.05) is 119 Å². The monoisotopic (exact) mass is 368 g/mol. The van der Waals surface area contributed by atoms with Crippen LogP contribution in [0.4, 0.5) is 4.39 Å². The van der Waals surface area contributed by atoms with Crippen LogP contribution >= 0.6 is 0 Å². The lowest BCUT2D eigenvalue weighted by atomic mass is 9.89. The molecular weight excluding hydrogens is 319 g/mol. The fourth-order valence-corrected chi connectivity index (χ4v) is 2.16. The summed E-state index contributed by atoms with van der Waals surface area (Å²) < 4.78 is 12.4. The van der Waals surface area contributed by atoms with Gasteiger partial charge in [-0.05, 0) is 36.0 Å². The smallest absolute Gasteiger partial charge is 0.123 e. The Labute approximate surface area is 166 Å². The van der Waals surface area contributed by atoms with Crippen molar-refractivity contribution in [3.05, 3.63) is 35.6 Å². The van der Waals surface area contributed by atoms with Gasteiger partial charge in [-0.15, -0.1) is 0 Å². The molecule has 1 rings (SSSR count). The van der Waals surface area contributed by atoms with E-state index in [2.05, 4.69) is 41.5 Å². The molecular formula is C25H49F. The molecule has 0 fully saturated rings. The Hall–Kier alpha value is -0.850. The van der Waals surface area contributed by atoms with Crippen LogP contribution in [0.1, 0.15) is 113 Å². The highest BCUT2D eigenvalue weighted by molar-refractivity contribution is 5.15. The minimum Gasteiger partial charge on any atom is -0.207 e. The van der Waals surface area contributed by atoms with Gasteiger partial charge in [0.1, 0.15) is 5.82 Å². The van der Waals surface area contributed by atoms with E-state index in [0.717, 1.165) is 23.8 Å². The second-order valence-corrected chi connectivity index (χ2v) is 6.84. The molecule has 1 aromatic rings. The molecule has 0 N–H and O–H groups in total. The molecule has 1 heteroatoms. The Bertz CT molecular complexity index is 357. The number of aryl methyl sites for hydroxylation is 1. The van der Waals surface area contributed by atoms with Crippen LogP contribution in [0, 0.1) is 17.7 Å². The highest BCUT2D eigenvalue weighted by Gasteiger charge is 2.08. The van der Waals surface area contributed by atoms with Gasteiger partial charge in [-0.25, -0.2) is 4.39 Å². The fourth-order valence-electron chi connectivity index (χ4n) is 2.16. The van der Waals surface area contributed by atoms with Crippen molar-refractivity contribution in [3.8, 4) is 0 Å². The molecule has 0 spiro atoms. The second-order valence-electron chi connectivity index (χ2n) is 6.84. The van der Waals surface area contributed by atoms with E-state index in [4.69, 9.17) is 0 Å². The molecule has 1 aromatic carbocycles. The normalized spacial score (nSPS) is 11.6. The lowest BCUT2D eigenvalue weighted by Crippen LogP contribution is -2.06. The quantitative estimate of drug-likeness (QED) is 0.401. The summed E-state index contributed by atoms with van der Waals surface area (Å²) >= 11 is 0. The molecule has 1 unspecified atom stereocenters. The van der Waals surface area contributed by atoms with Gasteiger partial charge in [0.2, 0.25) is 0 Å². The first-order chi connectivity index (χ1) is 12.5. The molecule has 0 saturated carbocycles. The molecule has 156 valence electrons. The first kappa shape index (κ1) is 29.9. The summed E-state index contributed by atoms with van der Waals surface area (Å²) in [7, 11) is 0. The maximum absolute atomic E-state index is 12.4. The molecule has 0 radical (unpaired) electrons. The van der Waals surface area contributed by atoms with Crippen LogP contribution < -0.4 is 0 Å². The SMILES string of the molecule is CC.CCCC.CCCCC[C@H](C)C(C)CC.CCc1cccc(F)c1. The largest absolute Gasteiger partial charge is 0.207 e. The summed E-state index contributed by atoms with van der Waals surface area (Å²) in [5, 5.41) is 0. The molecule has 0 aromatic heterocycles. The molecule has 0 aliphatic heterocycles. The van der Waals surface area contributed by atoms with Crippen molar-refractivity contribution >= 4 is 0 Å². The predicted octanol–water partition coefficient (Wildman–Crippen LogP) is 9.47. The Morgan fingerprint density at radius 3 is 1.73 bits per heavy atom. The van der Waals surface area contributed by atoms with Gasteiger partial charge in [0, 0.05) is 0 Å². The number of hydrogen-bond acceptors (Lipinski definition) is 0. The van der Waals surface area contributed by atoms with Crippen molar-refractivity contribution in [2.45, 2.75) is 114 Å². The van der Waals surface area contributed by atoms with Crippen LogP contribution in [0.5, 0.6) is 0 Å². The van der Waals surface area contributed by atoms with Gasteiger partial charge in [0.05, 0.1) is 0 Å². The van der Waals surface area contributed by atoms with Crippen LogP contribution in [-0.4, -0.2) is 0 Å². The minimum absolute atomic E-state index is 0.144. The number of benzene rings is 1. The van der Waals surface area contributed by atoms with E-state index in [1.807, 2.05) is 26.8 Å². The first-order valence-electron chi connectivity index (χ1n) is 11.2. The zero-order chi connectivity index (χ0) is 20.8. The van der Waals surface area contributed by atoms with E-state index in [1.54, 1.807) is 12.1 Å². The van der Waals surface area contributed by atoms with Gasteiger partial charge in [0.25, 0.3) is 0 Å². The van der Waals surface area contributed by atoms with Gasteiger partial charge in [-0.2, -0.15) is 0 Å². The maximum Gasteiger partial charge on any atom is 0.123 e. The van der Waals surface area contributed by atoms with E-state index in [-0.39, 0.29) is 5.82 Å². The van der Waals surface area contributed by atoms with Crippen molar-refractivity contribution in [3.63, 3.8) is 0 Å². The van der Waals surface area contributed by atoms with Crippen LogP contribution in [-0.2, 0) is 6.42 Å². The molecule has 0 nitrogen and oxygen atoms in total. The van der Waals surface area contributed by atoms with Gasteiger partial charge in [0.15, 0.2) is 0 Å². The van der Waals surface area contributed by atoms with E-state index in [1.165, 1.54) is 51.0 Å². The molecule has 0 amide bonds. The third kappa shape index (κ3) is 21.2. The second kappa shape index (κ2) is 24.1. The predicted molar refractivity (Wildman–Crippen MR) is 120 cm³/mol. The number of halogens is 1. The van der Waals surface area contributed by atoms with Gasteiger partial charge < -0.3 is 0 Å². The summed E-state index contributed by atoms with van der Waals surface area (Å²) in [4.78, 5) is 0. The summed E-state index contributed by atoms with van der Waals surface area (Å²) in [6, 6.07) is 6.66. The Balaban J connectivity index is -0.000000316.